The maximum absolute atomic E-state index is 13.5. The molecule has 20 heavy (non-hydrogen) atoms. The molecular formula is C15H16Cl2FNS. The van der Waals surface area contributed by atoms with Crippen LogP contribution in [0.15, 0.2) is 23.6 Å². The number of rotatable bonds is 5. The highest BCUT2D eigenvalue weighted by Crippen LogP contribution is 2.32. The van der Waals surface area contributed by atoms with Crippen molar-refractivity contribution in [3.63, 3.8) is 0 Å². The minimum atomic E-state index is -0.440. The van der Waals surface area contributed by atoms with Gasteiger partial charge in [0.1, 0.15) is 5.82 Å². The first kappa shape index (κ1) is 15.8. The van der Waals surface area contributed by atoms with E-state index in [-0.39, 0.29) is 11.1 Å². The number of thiophene rings is 1. The number of hydrogen-bond donors (Lipinski definition) is 1. The lowest BCUT2D eigenvalue weighted by Crippen LogP contribution is -2.19. The number of halogens is 3. The second kappa shape index (κ2) is 6.90. The molecule has 0 fully saturated rings. The van der Waals surface area contributed by atoms with Crippen LogP contribution in [-0.2, 0) is 13.0 Å². The summed E-state index contributed by atoms with van der Waals surface area (Å²) in [7, 11) is 0. The van der Waals surface area contributed by atoms with Gasteiger partial charge in [-0.25, -0.2) is 4.39 Å². The fourth-order valence-electron chi connectivity index (χ4n) is 2.12. The molecule has 2 aromatic rings. The molecule has 1 unspecified atom stereocenters. The van der Waals surface area contributed by atoms with E-state index in [1.54, 1.807) is 17.4 Å². The number of hydrogen-bond acceptors (Lipinski definition) is 2. The van der Waals surface area contributed by atoms with E-state index in [9.17, 15) is 4.39 Å². The second-order valence-corrected chi connectivity index (χ2v) is 6.37. The van der Waals surface area contributed by atoms with Crippen LogP contribution in [0.3, 0.4) is 0 Å². The Morgan fingerprint density at radius 1 is 1.30 bits per heavy atom. The van der Waals surface area contributed by atoms with Gasteiger partial charge in [-0.05, 0) is 42.5 Å². The molecule has 0 bridgehead atoms. The Bertz CT molecular complexity index is 598. The summed E-state index contributed by atoms with van der Waals surface area (Å²) >= 11 is 13.9. The standard InChI is InChI=1S/C15H16Cl2FNS/c1-3-10-6-7-20-13(10)8-19-9(2)14-11(16)4-5-12(18)15(14)17/h4-7,9,19H,3,8H2,1-2H3. The van der Waals surface area contributed by atoms with Crippen LogP contribution in [0.5, 0.6) is 0 Å². The van der Waals surface area contributed by atoms with Crippen molar-refractivity contribution < 1.29 is 4.39 Å². The molecule has 0 spiro atoms. The SMILES string of the molecule is CCc1ccsc1CNC(C)c1c(Cl)ccc(F)c1Cl. The maximum Gasteiger partial charge on any atom is 0.142 e. The lowest BCUT2D eigenvalue weighted by atomic mass is 10.1. The van der Waals surface area contributed by atoms with Gasteiger partial charge in [0.05, 0.1) is 5.02 Å². The molecule has 1 aromatic heterocycles. The van der Waals surface area contributed by atoms with Gasteiger partial charge in [0.15, 0.2) is 0 Å². The van der Waals surface area contributed by atoms with Gasteiger partial charge in [-0.1, -0.05) is 30.1 Å². The molecule has 0 radical (unpaired) electrons. The van der Waals surface area contributed by atoms with E-state index in [4.69, 9.17) is 23.2 Å². The molecule has 0 aliphatic heterocycles. The summed E-state index contributed by atoms with van der Waals surface area (Å²) in [5.74, 6) is -0.440. The Morgan fingerprint density at radius 3 is 2.75 bits per heavy atom. The average Bonchev–Trinajstić information content (AvgIpc) is 2.88. The van der Waals surface area contributed by atoms with Gasteiger partial charge in [-0.3, -0.25) is 0 Å². The van der Waals surface area contributed by atoms with E-state index in [2.05, 4.69) is 23.7 Å². The quantitative estimate of drug-likeness (QED) is 0.702. The number of nitrogens with one attached hydrogen (secondary N) is 1. The van der Waals surface area contributed by atoms with Crippen LogP contribution in [0.25, 0.3) is 0 Å². The summed E-state index contributed by atoms with van der Waals surface area (Å²) in [5.41, 5.74) is 1.95. The third-order valence-corrected chi connectivity index (χ3v) is 4.98. The highest BCUT2D eigenvalue weighted by Gasteiger charge is 2.17. The van der Waals surface area contributed by atoms with Crippen molar-refractivity contribution >= 4 is 34.5 Å². The molecule has 0 saturated carbocycles. The zero-order valence-electron chi connectivity index (χ0n) is 11.3. The van der Waals surface area contributed by atoms with E-state index in [1.165, 1.54) is 16.5 Å². The highest BCUT2D eigenvalue weighted by atomic mass is 35.5. The number of benzene rings is 1. The molecule has 1 nitrogen and oxygen atoms in total. The minimum Gasteiger partial charge on any atom is -0.305 e. The van der Waals surface area contributed by atoms with E-state index in [0.717, 1.165) is 13.0 Å². The fourth-order valence-corrected chi connectivity index (χ4v) is 3.75. The van der Waals surface area contributed by atoms with Crippen molar-refractivity contribution in [2.75, 3.05) is 0 Å². The Morgan fingerprint density at radius 2 is 2.05 bits per heavy atom. The zero-order chi connectivity index (χ0) is 14.7. The normalized spacial score (nSPS) is 12.7. The second-order valence-electron chi connectivity index (χ2n) is 4.58. The summed E-state index contributed by atoms with van der Waals surface area (Å²) < 4.78 is 13.5. The summed E-state index contributed by atoms with van der Waals surface area (Å²) in [4.78, 5) is 1.29. The molecule has 0 aliphatic rings. The maximum atomic E-state index is 13.5. The third kappa shape index (κ3) is 3.34. The van der Waals surface area contributed by atoms with Crippen LogP contribution in [0.4, 0.5) is 4.39 Å². The lowest BCUT2D eigenvalue weighted by Gasteiger charge is -2.17. The average molecular weight is 332 g/mol. The molecular weight excluding hydrogens is 316 g/mol. The van der Waals surface area contributed by atoms with E-state index in [0.29, 0.717) is 10.6 Å². The first-order valence-electron chi connectivity index (χ1n) is 6.46. The molecule has 108 valence electrons. The van der Waals surface area contributed by atoms with Gasteiger partial charge in [0.25, 0.3) is 0 Å². The molecule has 5 heteroatoms. The Labute approximate surface area is 132 Å². The predicted molar refractivity (Wildman–Crippen MR) is 85.4 cm³/mol. The molecule has 0 saturated heterocycles. The Kier molecular flexibility index (Phi) is 5.44. The van der Waals surface area contributed by atoms with Crippen LogP contribution >= 0.6 is 34.5 Å². The monoisotopic (exact) mass is 331 g/mol. The van der Waals surface area contributed by atoms with Crippen molar-refractivity contribution in [1.82, 2.24) is 5.32 Å². The van der Waals surface area contributed by atoms with E-state index in [1.807, 2.05) is 6.92 Å². The number of aryl methyl sites for hydroxylation is 1. The van der Waals surface area contributed by atoms with Gasteiger partial charge in [0, 0.05) is 28.0 Å². The van der Waals surface area contributed by atoms with Crippen LogP contribution in [0.2, 0.25) is 10.0 Å². The Balaban J connectivity index is 2.13. The van der Waals surface area contributed by atoms with Crippen LogP contribution in [0, 0.1) is 5.82 Å². The fraction of sp³-hybridized carbons (Fsp3) is 0.333. The van der Waals surface area contributed by atoms with E-state index < -0.39 is 5.82 Å². The molecule has 1 N–H and O–H groups in total. The van der Waals surface area contributed by atoms with E-state index >= 15 is 0 Å². The van der Waals surface area contributed by atoms with Gasteiger partial charge in [0.2, 0.25) is 0 Å². The highest BCUT2D eigenvalue weighted by molar-refractivity contribution is 7.10. The largest absolute Gasteiger partial charge is 0.305 e. The van der Waals surface area contributed by atoms with Crippen molar-refractivity contribution in [2.24, 2.45) is 0 Å². The van der Waals surface area contributed by atoms with Crippen LogP contribution in [0.1, 0.15) is 35.9 Å². The van der Waals surface area contributed by atoms with Crippen LogP contribution in [-0.4, -0.2) is 0 Å². The molecule has 1 aromatic carbocycles. The predicted octanol–water partition coefficient (Wildman–Crippen LogP) is 5.61. The summed E-state index contributed by atoms with van der Waals surface area (Å²) in [6.45, 7) is 4.80. The minimum absolute atomic E-state index is 0.0967. The van der Waals surface area contributed by atoms with Crippen molar-refractivity contribution in [1.29, 1.82) is 0 Å². The summed E-state index contributed by atoms with van der Waals surface area (Å²) in [6, 6.07) is 4.85. The molecule has 2 rings (SSSR count). The van der Waals surface area contributed by atoms with Crippen molar-refractivity contribution in [3.05, 3.63) is 55.4 Å². The third-order valence-electron chi connectivity index (χ3n) is 3.30. The Hall–Kier alpha value is -0.610. The van der Waals surface area contributed by atoms with Crippen molar-refractivity contribution in [3.8, 4) is 0 Å². The zero-order valence-corrected chi connectivity index (χ0v) is 13.7. The summed E-state index contributed by atoms with van der Waals surface area (Å²) in [6.07, 6.45) is 1.01. The molecule has 0 aliphatic carbocycles. The molecule has 0 amide bonds. The molecule has 1 atom stereocenters. The first-order chi connectivity index (χ1) is 9.54. The first-order valence-corrected chi connectivity index (χ1v) is 8.10. The van der Waals surface area contributed by atoms with Gasteiger partial charge in [-0.15, -0.1) is 11.3 Å². The molecule has 1 heterocycles. The summed E-state index contributed by atoms with van der Waals surface area (Å²) in [5, 5.41) is 6.03. The van der Waals surface area contributed by atoms with Gasteiger partial charge < -0.3 is 5.32 Å². The van der Waals surface area contributed by atoms with Crippen LogP contribution < -0.4 is 5.32 Å². The van der Waals surface area contributed by atoms with Gasteiger partial charge >= 0.3 is 0 Å². The van der Waals surface area contributed by atoms with Crippen molar-refractivity contribution in [2.45, 2.75) is 32.9 Å². The lowest BCUT2D eigenvalue weighted by molar-refractivity contribution is 0.567. The smallest absolute Gasteiger partial charge is 0.142 e. The topological polar surface area (TPSA) is 12.0 Å². The van der Waals surface area contributed by atoms with Gasteiger partial charge in [-0.2, -0.15) is 0 Å².